The summed E-state index contributed by atoms with van der Waals surface area (Å²) in [7, 11) is 0. The van der Waals surface area contributed by atoms with Crippen molar-refractivity contribution in [2.45, 2.75) is 51.9 Å². The molecule has 0 amide bonds. The molecule has 0 atom stereocenters. The number of likely N-dealkylation sites (tertiary alicyclic amines) is 1. The van der Waals surface area contributed by atoms with Crippen LogP contribution in [0.4, 0.5) is 0 Å². The lowest BCUT2D eigenvalue weighted by Crippen LogP contribution is -2.32. The van der Waals surface area contributed by atoms with Gasteiger partial charge in [0.1, 0.15) is 5.78 Å². The molecule has 14 heavy (non-hydrogen) atoms. The van der Waals surface area contributed by atoms with E-state index in [-0.39, 0.29) is 0 Å². The summed E-state index contributed by atoms with van der Waals surface area (Å²) in [4.78, 5) is 13.8. The van der Waals surface area contributed by atoms with Crippen LogP contribution in [0.2, 0.25) is 0 Å². The zero-order valence-corrected chi connectivity index (χ0v) is 9.43. The topological polar surface area (TPSA) is 20.3 Å². The fourth-order valence-corrected chi connectivity index (χ4v) is 2.08. The molecule has 0 N–H and O–H groups in total. The third-order valence-corrected chi connectivity index (χ3v) is 2.88. The molecule has 0 saturated carbocycles. The second kappa shape index (κ2) is 6.99. The Morgan fingerprint density at radius 1 is 1.07 bits per heavy atom. The number of rotatable bonds is 4. The Kier molecular flexibility index (Phi) is 5.85. The molecule has 0 bridgehead atoms. The summed E-state index contributed by atoms with van der Waals surface area (Å²) in [6.07, 6.45) is 8.38. The quantitative estimate of drug-likeness (QED) is 0.690. The molecular formula is C12H23NO. The van der Waals surface area contributed by atoms with Crippen LogP contribution in [-0.4, -0.2) is 30.3 Å². The van der Waals surface area contributed by atoms with Gasteiger partial charge in [0.2, 0.25) is 0 Å². The minimum atomic E-state index is 0.424. The normalized spacial score (nSPS) is 20.1. The van der Waals surface area contributed by atoms with E-state index in [1.165, 1.54) is 32.1 Å². The second-order valence-corrected chi connectivity index (χ2v) is 4.33. The number of hydrogen-bond acceptors (Lipinski definition) is 2. The van der Waals surface area contributed by atoms with Gasteiger partial charge in [-0.15, -0.1) is 0 Å². The van der Waals surface area contributed by atoms with E-state index in [9.17, 15) is 4.79 Å². The zero-order valence-electron chi connectivity index (χ0n) is 9.43. The maximum atomic E-state index is 11.5. The van der Waals surface area contributed by atoms with Crippen LogP contribution in [0.15, 0.2) is 0 Å². The van der Waals surface area contributed by atoms with Crippen molar-refractivity contribution in [2.24, 2.45) is 0 Å². The second-order valence-electron chi connectivity index (χ2n) is 4.33. The van der Waals surface area contributed by atoms with Gasteiger partial charge in [-0.3, -0.25) is 9.69 Å². The lowest BCUT2D eigenvalue weighted by molar-refractivity contribution is -0.120. The third kappa shape index (κ3) is 4.75. The molecule has 1 aliphatic heterocycles. The summed E-state index contributed by atoms with van der Waals surface area (Å²) in [5.74, 6) is 0.424. The Morgan fingerprint density at radius 2 is 1.64 bits per heavy atom. The molecule has 0 spiro atoms. The lowest BCUT2D eigenvalue weighted by Gasteiger charge is -2.23. The van der Waals surface area contributed by atoms with E-state index >= 15 is 0 Å². The first-order valence-electron chi connectivity index (χ1n) is 6.07. The molecule has 1 heterocycles. The highest BCUT2D eigenvalue weighted by Crippen LogP contribution is 2.10. The van der Waals surface area contributed by atoms with Crippen molar-refractivity contribution in [1.29, 1.82) is 0 Å². The highest BCUT2D eigenvalue weighted by Gasteiger charge is 2.11. The highest BCUT2D eigenvalue weighted by molar-refractivity contribution is 5.80. The molecule has 1 fully saturated rings. The molecule has 82 valence electrons. The van der Waals surface area contributed by atoms with Gasteiger partial charge in [-0.05, 0) is 32.4 Å². The van der Waals surface area contributed by atoms with Crippen LogP contribution in [0.25, 0.3) is 0 Å². The van der Waals surface area contributed by atoms with Crippen molar-refractivity contribution in [3.63, 3.8) is 0 Å². The number of ketones is 1. The molecule has 2 nitrogen and oxygen atoms in total. The fourth-order valence-electron chi connectivity index (χ4n) is 2.08. The lowest BCUT2D eigenvalue weighted by atomic mass is 10.1. The molecule has 1 rings (SSSR count). The molecule has 1 aliphatic rings. The Labute approximate surface area is 87.7 Å². The predicted molar refractivity (Wildman–Crippen MR) is 59.4 cm³/mol. The van der Waals surface area contributed by atoms with Gasteiger partial charge in [-0.2, -0.15) is 0 Å². The van der Waals surface area contributed by atoms with Crippen LogP contribution in [0.1, 0.15) is 51.9 Å². The Morgan fingerprint density at radius 3 is 2.21 bits per heavy atom. The summed E-state index contributed by atoms with van der Waals surface area (Å²) in [6, 6.07) is 0. The number of carbonyl (C=O) groups is 1. The first-order valence-corrected chi connectivity index (χ1v) is 6.07. The standard InChI is InChI=1S/C12H23NO/c1-2-8-12(14)11-13-9-6-4-3-5-7-10-13/h2-11H2,1H3. The Balaban J connectivity index is 2.22. The third-order valence-electron chi connectivity index (χ3n) is 2.88. The molecule has 0 aromatic carbocycles. The maximum Gasteiger partial charge on any atom is 0.146 e. The minimum Gasteiger partial charge on any atom is -0.298 e. The van der Waals surface area contributed by atoms with E-state index in [0.29, 0.717) is 12.3 Å². The van der Waals surface area contributed by atoms with Crippen molar-refractivity contribution in [1.82, 2.24) is 4.90 Å². The average molecular weight is 197 g/mol. The van der Waals surface area contributed by atoms with Crippen molar-refractivity contribution in [3.8, 4) is 0 Å². The molecule has 1 saturated heterocycles. The van der Waals surface area contributed by atoms with Gasteiger partial charge in [0.25, 0.3) is 0 Å². The minimum absolute atomic E-state index is 0.424. The van der Waals surface area contributed by atoms with Crippen LogP contribution in [-0.2, 0) is 4.79 Å². The summed E-state index contributed by atoms with van der Waals surface area (Å²) in [6.45, 7) is 5.05. The van der Waals surface area contributed by atoms with E-state index in [1.807, 2.05) is 0 Å². The summed E-state index contributed by atoms with van der Waals surface area (Å²) < 4.78 is 0. The van der Waals surface area contributed by atoms with E-state index in [0.717, 1.165) is 25.9 Å². The van der Waals surface area contributed by atoms with E-state index < -0.39 is 0 Å². The van der Waals surface area contributed by atoms with Gasteiger partial charge in [-0.1, -0.05) is 26.2 Å². The van der Waals surface area contributed by atoms with E-state index in [1.54, 1.807) is 0 Å². The summed E-state index contributed by atoms with van der Waals surface area (Å²) in [5, 5.41) is 0. The molecule has 0 aromatic heterocycles. The molecule has 2 heteroatoms. The van der Waals surface area contributed by atoms with Crippen LogP contribution in [0.5, 0.6) is 0 Å². The van der Waals surface area contributed by atoms with Gasteiger partial charge in [0, 0.05) is 6.42 Å². The largest absolute Gasteiger partial charge is 0.298 e. The van der Waals surface area contributed by atoms with Crippen molar-refractivity contribution >= 4 is 5.78 Å². The average Bonchev–Trinajstić information content (AvgIpc) is 2.10. The summed E-state index contributed by atoms with van der Waals surface area (Å²) >= 11 is 0. The van der Waals surface area contributed by atoms with Crippen LogP contribution < -0.4 is 0 Å². The number of nitrogens with zero attached hydrogens (tertiary/aromatic N) is 1. The van der Waals surface area contributed by atoms with Gasteiger partial charge in [-0.25, -0.2) is 0 Å². The van der Waals surface area contributed by atoms with Crippen LogP contribution >= 0.6 is 0 Å². The molecular weight excluding hydrogens is 174 g/mol. The fraction of sp³-hybridized carbons (Fsp3) is 0.917. The number of hydrogen-bond donors (Lipinski definition) is 0. The number of Topliss-reactive ketones (excluding diaryl/α,β-unsaturated/α-hetero) is 1. The first-order chi connectivity index (χ1) is 6.83. The molecule has 0 aromatic rings. The predicted octanol–water partition coefficient (Wildman–Crippen LogP) is 2.62. The smallest absolute Gasteiger partial charge is 0.146 e. The maximum absolute atomic E-state index is 11.5. The van der Waals surface area contributed by atoms with Gasteiger partial charge >= 0.3 is 0 Å². The first kappa shape index (κ1) is 11.7. The van der Waals surface area contributed by atoms with Gasteiger partial charge in [0.15, 0.2) is 0 Å². The molecule has 0 radical (unpaired) electrons. The SMILES string of the molecule is CCCC(=O)CN1CCCCCCC1. The van der Waals surface area contributed by atoms with Crippen LogP contribution in [0.3, 0.4) is 0 Å². The van der Waals surface area contributed by atoms with Crippen molar-refractivity contribution < 1.29 is 4.79 Å². The van der Waals surface area contributed by atoms with Crippen molar-refractivity contribution in [2.75, 3.05) is 19.6 Å². The molecule has 0 unspecified atom stereocenters. The Bertz CT molecular complexity index is 160. The van der Waals surface area contributed by atoms with Crippen LogP contribution in [0, 0.1) is 0 Å². The molecule has 0 aliphatic carbocycles. The number of carbonyl (C=O) groups excluding carboxylic acids is 1. The van der Waals surface area contributed by atoms with Crippen molar-refractivity contribution in [3.05, 3.63) is 0 Å². The van der Waals surface area contributed by atoms with E-state index in [2.05, 4.69) is 11.8 Å². The van der Waals surface area contributed by atoms with E-state index in [4.69, 9.17) is 0 Å². The van der Waals surface area contributed by atoms with Gasteiger partial charge < -0.3 is 0 Å². The Hall–Kier alpha value is -0.370. The van der Waals surface area contributed by atoms with Gasteiger partial charge in [0.05, 0.1) is 6.54 Å². The highest BCUT2D eigenvalue weighted by atomic mass is 16.1. The monoisotopic (exact) mass is 197 g/mol. The zero-order chi connectivity index (χ0) is 10.2. The summed E-state index contributed by atoms with van der Waals surface area (Å²) in [5.41, 5.74) is 0.